The van der Waals surface area contributed by atoms with Gasteiger partial charge in [0.05, 0.1) is 26.4 Å². The van der Waals surface area contributed by atoms with Gasteiger partial charge in [-0.2, -0.15) is 13.2 Å². The fraction of sp³-hybridized carbons (Fsp3) is 0.933. The van der Waals surface area contributed by atoms with E-state index in [-0.39, 0.29) is 6.54 Å². The zero-order valence-electron chi connectivity index (χ0n) is 14.9. The molecule has 0 saturated heterocycles. The van der Waals surface area contributed by atoms with Crippen molar-refractivity contribution < 1.29 is 22.6 Å². The van der Waals surface area contributed by atoms with E-state index in [0.29, 0.717) is 38.9 Å². The number of rotatable bonds is 13. The molecule has 0 aromatic heterocycles. The van der Waals surface area contributed by atoms with Gasteiger partial charge in [-0.1, -0.05) is 13.3 Å². The standard InChI is InChI=1S/C15H31F3N4O2/c1-4-5-9-23-11-12-24-10-7-21-14(19-2)20-6-8-22(3)13-15(16,17)18/h4-13H2,1-3H3,(H2,19,20,21). The third-order valence-corrected chi connectivity index (χ3v) is 3.01. The lowest BCUT2D eigenvalue weighted by atomic mass is 10.4. The van der Waals surface area contributed by atoms with Crippen LogP contribution in [-0.4, -0.2) is 83.7 Å². The summed E-state index contributed by atoms with van der Waals surface area (Å²) in [7, 11) is 3.04. The molecule has 0 radical (unpaired) electrons. The molecule has 0 aromatic carbocycles. The average molecular weight is 356 g/mol. The van der Waals surface area contributed by atoms with Crippen LogP contribution in [0.1, 0.15) is 19.8 Å². The van der Waals surface area contributed by atoms with Crippen LogP contribution in [0.25, 0.3) is 0 Å². The van der Waals surface area contributed by atoms with E-state index in [2.05, 4.69) is 22.5 Å². The van der Waals surface area contributed by atoms with Gasteiger partial charge in [0.1, 0.15) is 0 Å². The van der Waals surface area contributed by atoms with Crippen molar-refractivity contribution in [1.29, 1.82) is 0 Å². The number of nitrogens with one attached hydrogen (secondary N) is 2. The van der Waals surface area contributed by atoms with E-state index in [0.717, 1.165) is 19.4 Å². The predicted octanol–water partition coefficient (Wildman–Crippen LogP) is 1.48. The molecule has 0 atom stereocenters. The zero-order valence-corrected chi connectivity index (χ0v) is 14.9. The van der Waals surface area contributed by atoms with Crippen molar-refractivity contribution in [3.05, 3.63) is 0 Å². The Hall–Kier alpha value is -1.06. The lowest BCUT2D eigenvalue weighted by Gasteiger charge is -2.19. The molecule has 0 amide bonds. The summed E-state index contributed by atoms with van der Waals surface area (Å²) in [6.07, 6.45) is -2.00. The van der Waals surface area contributed by atoms with E-state index >= 15 is 0 Å². The molecule has 0 aromatic rings. The van der Waals surface area contributed by atoms with Crippen LogP contribution in [0.4, 0.5) is 13.2 Å². The number of aliphatic imine (C=N–C) groups is 1. The molecule has 0 fully saturated rings. The first-order chi connectivity index (χ1) is 11.4. The first-order valence-electron chi connectivity index (χ1n) is 8.24. The Morgan fingerprint density at radius 1 is 1.04 bits per heavy atom. The van der Waals surface area contributed by atoms with Crippen molar-refractivity contribution >= 4 is 5.96 Å². The van der Waals surface area contributed by atoms with Crippen LogP contribution < -0.4 is 10.6 Å². The highest BCUT2D eigenvalue weighted by molar-refractivity contribution is 5.79. The second-order valence-electron chi connectivity index (χ2n) is 5.36. The van der Waals surface area contributed by atoms with E-state index in [1.165, 1.54) is 11.9 Å². The van der Waals surface area contributed by atoms with Crippen molar-refractivity contribution in [1.82, 2.24) is 15.5 Å². The number of unbranched alkanes of at least 4 members (excludes halogenated alkanes) is 1. The molecule has 9 heteroatoms. The quantitative estimate of drug-likeness (QED) is 0.297. The molecule has 0 bridgehead atoms. The minimum Gasteiger partial charge on any atom is -0.379 e. The number of halogens is 3. The summed E-state index contributed by atoms with van der Waals surface area (Å²) in [5.74, 6) is 0.540. The second kappa shape index (κ2) is 14.3. The minimum atomic E-state index is -4.17. The number of hydrogen-bond donors (Lipinski definition) is 2. The fourth-order valence-corrected chi connectivity index (χ4v) is 1.78. The first-order valence-corrected chi connectivity index (χ1v) is 8.24. The minimum absolute atomic E-state index is 0.270. The highest BCUT2D eigenvalue weighted by Crippen LogP contribution is 2.14. The topological polar surface area (TPSA) is 58.1 Å². The summed E-state index contributed by atoms with van der Waals surface area (Å²) in [4.78, 5) is 5.21. The third-order valence-electron chi connectivity index (χ3n) is 3.01. The van der Waals surface area contributed by atoms with Gasteiger partial charge in [-0.05, 0) is 13.5 Å². The van der Waals surface area contributed by atoms with Gasteiger partial charge in [-0.25, -0.2) is 0 Å². The molecule has 0 rings (SSSR count). The maximum Gasteiger partial charge on any atom is 0.401 e. The average Bonchev–Trinajstić information content (AvgIpc) is 2.49. The number of hydrogen-bond acceptors (Lipinski definition) is 4. The van der Waals surface area contributed by atoms with Gasteiger partial charge in [0.2, 0.25) is 0 Å². The maximum absolute atomic E-state index is 12.2. The molecule has 0 saturated carbocycles. The normalized spacial score (nSPS) is 12.7. The summed E-state index contributed by atoms with van der Waals surface area (Å²) in [5.41, 5.74) is 0. The van der Waals surface area contributed by atoms with Crippen molar-refractivity contribution in [2.24, 2.45) is 4.99 Å². The van der Waals surface area contributed by atoms with Gasteiger partial charge in [0.15, 0.2) is 5.96 Å². The molecule has 0 aliphatic heterocycles. The number of nitrogens with zero attached hydrogens (tertiary/aromatic N) is 2. The van der Waals surface area contributed by atoms with E-state index < -0.39 is 12.7 Å². The van der Waals surface area contributed by atoms with E-state index in [1.54, 1.807) is 7.05 Å². The molecule has 0 aliphatic rings. The van der Waals surface area contributed by atoms with Crippen LogP contribution in [0, 0.1) is 0 Å². The van der Waals surface area contributed by atoms with Gasteiger partial charge >= 0.3 is 6.18 Å². The lowest BCUT2D eigenvalue weighted by molar-refractivity contribution is -0.142. The van der Waals surface area contributed by atoms with Crippen molar-refractivity contribution in [2.75, 3.05) is 66.7 Å². The SMILES string of the molecule is CCCCOCCOCCNC(=NC)NCCN(C)CC(F)(F)F. The Kier molecular flexibility index (Phi) is 13.7. The number of alkyl halides is 3. The largest absolute Gasteiger partial charge is 0.401 e. The van der Waals surface area contributed by atoms with Gasteiger partial charge < -0.3 is 20.1 Å². The molecular formula is C15H31F3N4O2. The van der Waals surface area contributed by atoms with Gasteiger partial charge in [-0.3, -0.25) is 9.89 Å². The number of ether oxygens (including phenoxy) is 2. The highest BCUT2D eigenvalue weighted by atomic mass is 19.4. The Morgan fingerprint density at radius 3 is 2.25 bits per heavy atom. The fourth-order valence-electron chi connectivity index (χ4n) is 1.78. The van der Waals surface area contributed by atoms with Gasteiger partial charge in [-0.15, -0.1) is 0 Å². The Labute approximate surface area is 142 Å². The molecule has 0 spiro atoms. The van der Waals surface area contributed by atoms with E-state index in [1.807, 2.05) is 0 Å². The van der Waals surface area contributed by atoms with Crippen molar-refractivity contribution in [3.8, 4) is 0 Å². The van der Waals surface area contributed by atoms with Gasteiger partial charge in [0.25, 0.3) is 0 Å². The molecule has 24 heavy (non-hydrogen) atoms. The van der Waals surface area contributed by atoms with Crippen LogP contribution in [0.15, 0.2) is 4.99 Å². The summed E-state index contributed by atoms with van der Waals surface area (Å²) in [6.45, 7) is 4.79. The lowest BCUT2D eigenvalue weighted by Crippen LogP contribution is -2.43. The molecule has 0 unspecified atom stereocenters. The Morgan fingerprint density at radius 2 is 1.67 bits per heavy atom. The summed E-state index contributed by atoms with van der Waals surface area (Å²) in [6, 6.07) is 0. The Bertz CT molecular complexity index is 328. The van der Waals surface area contributed by atoms with E-state index in [4.69, 9.17) is 9.47 Å². The number of guanidine groups is 1. The molecule has 0 aliphatic carbocycles. The maximum atomic E-state index is 12.2. The Balaban J connectivity index is 3.57. The van der Waals surface area contributed by atoms with Gasteiger partial charge in [0, 0.05) is 33.3 Å². The van der Waals surface area contributed by atoms with Crippen LogP contribution in [0.3, 0.4) is 0 Å². The van der Waals surface area contributed by atoms with Crippen molar-refractivity contribution in [3.63, 3.8) is 0 Å². The zero-order chi connectivity index (χ0) is 18.3. The first kappa shape index (κ1) is 22.9. The second-order valence-corrected chi connectivity index (χ2v) is 5.36. The van der Waals surface area contributed by atoms with Crippen LogP contribution in [0.5, 0.6) is 0 Å². The molecule has 2 N–H and O–H groups in total. The summed E-state index contributed by atoms with van der Waals surface area (Å²) < 4.78 is 47.3. The van der Waals surface area contributed by atoms with Crippen LogP contribution >= 0.6 is 0 Å². The smallest absolute Gasteiger partial charge is 0.379 e. The van der Waals surface area contributed by atoms with Crippen LogP contribution in [-0.2, 0) is 9.47 Å². The molecule has 6 nitrogen and oxygen atoms in total. The monoisotopic (exact) mass is 356 g/mol. The predicted molar refractivity (Wildman–Crippen MR) is 89.5 cm³/mol. The highest BCUT2D eigenvalue weighted by Gasteiger charge is 2.28. The van der Waals surface area contributed by atoms with E-state index in [9.17, 15) is 13.2 Å². The third kappa shape index (κ3) is 15.8. The summed E-state index contributed by atoms with van der Waals surface area (Å²) >= 11 is 0. The molecule has 144 valence electrons. The van der Waals surface area contributed by atoms with Crippen LogP contribution in [0.2, 0.25) is 0 Å². The molecule has 0 heterocycles. The van der Waals surface area contributed by atoms with Crippen molar-refractivity contribution in [2.45, 2.75) is 25.9 Å². The summed E-state index contributed by atoms with van der Waals surface area (Å²) in [5, 5.41) is 6.00. The number of likely N-dealkylation sites (N-methyl/N-ethyl adjacent to an activating group) is 1. The molecular weight excluding hydrogens is 325 g/mol.